The SMILES string of the molecule is Nc1cc(-c2ccc3occc3c2)no1. The Morgan fingerprint density at radius 3 is 2.87 bits per heavy atom. The van der Waals surface area contributed by atoms with Gasteiger partial charge in [-0.15, -0.1) is 0 Å². The van der Waals surface area contributed by atoms with Crippen molar-refractivity contribution in [3.8, 4) is 11.3 Å². The first kappa shape index (κ1) is 8.11. The molecule has 0 aliphatic carbocycles. The summed E-state index contributed by atoms with van der Waals surface area (Å²) in [4.78, 5) is 0. The van der Waals surface area contributed by atoms with E-state index in [0.29, 0.717) is 5.88 Å². The van der Waals surface area contributed by atoms with E-state index in [2.05, 4.69) is 5.16 Å². The Balaban J connectivity index is 2.18. The molecule has 3 rings (SSSR count). The smallest absolute Gasteiger partial charge is 0.222 e. The zero-order valence-corrected chi connectivity index (χ0v) is 7.81. The number of hydrogen-bond donors (Lipinski definition) is 1. The molecular formula is C11H8N2O2. The molecule has 0 fully saturated rings. The van der Waals surface area contributed by atoms with Crippen molar-refractivity contribution in [2.75, 3.05) is 5.73 Å². The summed E-state index contributed by atoms with van der Waals surface area (Å²) in [7, 11) is 0. The minimum atomic E-state index is 0.317. The first-order valence-electron chi connectivity index (χ1n) is 4.53. The number of nitrogen functional groups attached to an aromatic ring is 1. The molecule has 0 aliphatic rings. The van der Waals surface area contributed by atoms with Gasteiger partial charge >= 0.3 is 0 Å². The highest BCUT2D eigenvalue weighted by Crippen LogP contribution is 2.25. The van der Waals surface area contributed by atoms with Gasteiger partial charge < -0.3 is 14.7 Å². The summed E-state index contributed by atoms with van der Waals surface area (Å²) in [5, 5.41) is 4.88. The molecule has 0 bridgehead atoms. The van der Waals surface area contributed by atoms with Crippen molar-refractivity contribution in [1.29, 1.82) is 0 Å². The van der Waals surface area contributed by atoms with Crippen molar-refractivity contribution in [2.45, 2.75) is 0 Å². The van der Waals surface area contributed by atoms with Crippen LogP contribution in [0.15, 0.2) is 45.5 Å². The van der Waals surface area contributed by atoms with E-state index < -0.39 is 0 Å². The Hall–Kier alpha value is -2.23. The van der Waals surface area contributed by atoms with Gasteiger partial charge in [-0.3, -0.25) is 0 Å². The van der Waals surface area contributed by atoms with Crippen LogP contribution in [0, 0.1) is 0 Å². The van der Waals surface area contributed by atoms with Gasteiger partial charge in [0.1, 0.15) is 11.3 Å². The standard InChI is InChI=1S/C11H8N2O2/c12-11-6-9(13-15-11)7-1-2-10-8(5-7)3-4-14-10/h1-6H,12H2. The Labute approximate surface area is 85.3 Å². The lowest BCUT2D eigenvalue weighted by Crippen LogP contribution is -1.77. The second kappa shape index (κ2) is 2.88. The molecule has 0 saturated heterocycles. The van der Waals surface area contributed by atoms with Crippen molar-refractivity contribution in [1.82, 2.24) is 5.16 Å². The predicted molar refractivity (Wildman–Crippen MR) is 56.1 cm³/mol. The molecular weight excluding hydrogens is 192 g/mol. The highest BCUT2D eigenvalue weighted by Gasteiger charge is 2.05. The van der Waals surface area contributed by atoms with E-state index in [1.807, 2.05) is 24.3 Å². The number of rotatable bonds is 1. The van der Waals surface area contributed by atoms with E-state index in [-0.39, 0.29) is 0 Å². The molecule has 1 aromatic carbocycles. The van der Waals surface area contributed by atoms with Gasteiger partial charge in [-0.1, -0.05) is 5.16 Å². The summed E-state index contributed by atoms with van der Waals surface area (Å²) in [5.74, 6) is 0.317. The Morgan fingerprint density at radius 1 is 1.13 bits per heavy atom. The molecule has 0 aliphatic heterocycles. The van der Waals surface area contributed by atoms with E-state index in [1.165, 1.54) is 0 Å². The molecule has 0 saturated carbocycles. The quantitative estimate of drug-likeness (QED) is 0.655. The summed E-state index contributed by atoms with van der Waals surface area (Å²) in [6.45, 7) is 0. The summed E-state index contributed by atoms with van der Waals surface area (Å²) in [6.07, 6.45) is 1.66. The van der Waals surface area contributed by atoms with Crippen molar-refractivity contribution < 1.29 is 8.94 Å². The molecule has 2 heterocycles. The number of nitrogens with zero attached hydrogens (tertiary/aromatic N) is 1. The molecule has 15 heavy (non-hydrogen) atoms. The number of hydrogen-bond acceptors (Lipinski definition) is 4. The zero-order valence-electron chi connectivity index (χ0n) is 7.81. The molecule has 0 radical (unpaired) electrons. The van der Waals surface area contributed by atoms with Gasteiger partial charge in [0.25, 0.3) is 0 Å². The van der Waals surface area contributed by atoms with Crippen molar-refractivity contribution >= 4 is 16.9 Å². The summed E-state index contributed by atoms with van der Waals surface area (Å²) in [5.41, 5.74) is 8.01. The van der Waals surface area contributed by atoms with Gasteiger partial charge in [-0.05, 0) is 24.3 Å². The maximum Gasteiger partial charge on any atom is 0.222 e. The summed E-state index contributed by atoms with van der Waals surface area (Å²) >= 11 is 0. The Morgan fingerprint density at radius 2 is 2.07 bits per heavy atom. The molecule has 3 aromatic rings. The molecule has 2 N–H and O–H groups in total. The lowest BCUT2D eigenvalue weighted by molar-refractivity contribution is 0.439. The summed E-state index contributed by atoms with van der Waals surface area (Å²) < 4.78 is 10.1. The first-order valence-corrected chi connectivity index (χ1v) is 4.53. The topological polar surface area (TPSA) is 65.2 Å². The molecule has 2 aromatic heterocycles. The molecule has 0 unspecified atom stereocenters. The van der Waals surface area contributed by atoms with Crippen LogP contribution in [0.1, 0.15) is 0 Å². The highest BCUT2D eigenvalue weighted by atomic mass is 16.5. The normalized spacial score (nSPS) is 10.9. The minimum absolute atomic E-state index is 0.317. The molecule has 0 amide bonds. The average molecular weight is 200 g/mol. The van der Waals surface area contributed by atoms with Crippen LogP contribution in [0.25, 0.3) is 22.2 Å². The first-order chi connectivity index (χ1) is 7.33. The van der Waals surface area contributed by atoms with E-state index in [4.69, 9.17) is 14.7 Å². The number of fused-ring (bicyclic) bond motifs is 1. The fraction of sp³-hybridized carbons (Fsp3) is 0. The van der Waals surface area contributed by atoms with Crippen LogP contribution >= 0.6 is 0 Å². The minimum Gasteiger partial charge on any atom is -0.464 e. The van der Waals surface area contributed by atoms with Gasteiger partial charge in [-0.25, -0.2) is 0 Å². The second-order valence-corrected chi connectivity index (χ2v) is 3.29. The number of anilines is 1. The van der Waals surface area contributed by atoms with Crippen molar-refractivity contribution in [3.63, 3.8) is 0 Å². The van der Waals surface area contributed by atoms with Gasteiger partial charge in [0, 0.05) is 17.0 Å². The predicted octanol–water partition coefficient (Wildman–Crippen LogP) is 2.67. The maximum atomic E-state index is 5.46. The van der Waals surface area contributed by atoms with Crippen LogP contribution < -0.4 is 5.73 Å². The molecule has 4 heteroatoms. The molecule has 0 spiro atoms. The van der Waals surface area contributed by atoms with Crippen molar-refractivity contribution in [3.05, 3.63) is 36.6 Å². The van der Waals surface area contributed by atoms with Crippen LogP contribution in [0.2, 0.25) is 0 Å². The third-order valence-corrected chi connectivity index (χ3v) is 2.28. The Bertz CT molecular complexity index is 610. The third kappa shape index (κ3) is 1.27. The fourth-order valence-electron chi connectivity index (χ4n) is 1.55. The van der Waals surface area contributed by atoms with E-state index in [0.717, 1.165) is 22.2 Å². The average Bonchev–Trinajstić information content (AvgIpc) is 2.84. The summed E-state index contributed by atoms with van der Waals surface area (Å²) in [6, 6.07) is 9.40. The number of aromatic nitrogens is 1. The number of furan rings is 1. The van der Waals surface area contributed by atoms with E-state index in [9.17, 15) is 0 Å². The van der Waals surface area contributed by atoms with Crippen LogP contribution in [-0.4, -0.2) is 5.16 Å². The van der Waals surface area contributed by atoms with Crippen molar-refractivity contribution in [2.24, 2.45) is 0 Å². The number of nitrogens with two attached hydrogens (primary N) is 1. The third-order valence-electron chi connectivity index (χ3n) is 2.28. The van der Waals surface area contributed by atoms with Crippen LogP contribution in [0.5, 0.6) is 0 Å². The lowest BCUT2D eigenvalue weighted by atomic mass is 10.1. The van der Waals surface area contributed by atoms with Gasteiger partial charge in [0.05, 0.1) is 6.26 Å². The molecule has 4 nitrogen and oxygen atoms in total. The second-order valence-electron chi connectivity index (χ2n) is 3.29. The van der Waals surface area contributed by atoms with E-state index >= 15 is 0 Å². The largest absolute Gasteiger partial charge is 0.464 e. The van der Waals surface area contributed by atoms with Gasteiger partial charge in [0.15, 0.2) is 0 Å². The monoisotopic (exact) mass is 200 g/mol. The molecule has 0 atom stereocenters. The van der Waals surface area contributed by atoms with Gasteiger partial charge in [0.2, 0.25) is 5.88 Å². The fourth-order valence-corrected chi connectivity index (χ4v) is 1.55. The maximum absolute atomic E-state index is 5.46. The lowest BCUT2D eigenvalue weighted by Gasteiger charge is -1.94. The number of benzene rings is 1. The Kier molecular flexibility index (Phi) is 1.56. The van der Waals surface area contributed by atoms with Gasteiger partial charge in [-0.2, -0.15) is 0 Å². The van der Waals surface area contributed by atoms with Crippen LogP contribution in [0.3, 0.4) is 0 Å². The van der Waals surface area contributed by atoms with E-state index in [1.54, 1.807) is 12.3 Å². The molecule has 74 valence electrons. The highest BCUT2D eigenvalue weighted by molar-refractivity contribution is 5.82. The van der Waals surface area contributed by atoms with Crippen LogP contribution in [0.4, 0.5) is 5.88 Å². The zero-order chi connectivity index (χ0) is 10.3. The van der Waals surface area contributed by atoms with Crippen LogP contribution in [-0.2, 0) is 0 Å².